The minimum absolute atomic E-state index is 0.0122. The quantitative estimate of drug-likeness (QED) is 0.836. The zero-order valence-corrected chi connectivity index (χ0v) is 13.5. The molecule has 1 fully saturated rings. The lowest BCUT2D eigenvalue weighted by Gasteiger charge is -2.41. The summed E-state index contributed by atoms with van der Waals surface area (Å²) in [4.78, 5) is 2.42. The van der Waals surface area contributed by atoms with Crippen molar-refractivity contribution in [3.8, 4) is 5.75 Å². The molecule has 1 saturated heterocycles. The number of hydrogen-bond donors (Lipinski definition) is 1. The molecule has 4 nitrogen and oxygen atoms in total. The molecule has 0 bridgehead atoms. The molecule has 2 rings (SSSR count). The van der Waals surface area contributed by atoms with Crippen LogP contribution in [0.15, 0.2) is 24.3 Å². The second-order valence-electron chi connectivity index (χ2n) is 6.18. The molecule has 2 N–H and O–H groups in total. The van der Waals surface area contributed by atoms with Crippen LogP contribution in [0.3, 0.4) is 0 Å². The molecule has 2 unspecified atom stereocenters. The highest BCUT2D eigenvalue weighted by Gasteiger charge is 2.34. The van der Waals surface area contributed by atoms with E-state index in [4.69, 9.17) is 15.2 Å². The zero-order valence-electron chi connectivity index (χ0n) is 13.5. The van der Waals surface area contributed by atoms with Gasteiger partial charge >= 0.3 is 0 Å². The number of nitrogens with zero attached hydrogens (tertiary/aromatic N) is 1. The minimum Gasteiger partial charge on any atom is -0.497 e. The van der Waals surface area contributed by atoms with E-state index in [2.05, 4.69) is 31.0 Å². The zero-order chi connectivity index (χ0) is 15.3. The number of nitrogens with two attached hydrogens (primary N) is 1. The maximum atomic E-state index is 6.08. The van der Waals surface area contributed by atoms with Crippen molar-refractivity contribution < 1.29 is 9.47 Å². The van der Waals surface area contributed by atoms with E-state index in [0.29, 0.717) is 12.6 Å². The lowest BCUT2D eigenvalue weighted by atomic mass is 9.90. The third kappa shape index (κ3) is 3.96. The molecule has 1 aromatic carbocycles. The summed E-state index contributed by atoms with van der Waals surface area (Å²) >= 11 is 0. The highest BCUT2D eigenvalue weighted by atomic mass is 16.5. The van der Waals surface area contributed by atoms with Gasteiger partial charge in [0.1, 0.15) is 5.75 Å². The van der Waals surface area contributed by atoms with Crippen molar-refractivity contribution in [3.05, 3.63) is 29.8 Å². The van der Waals surface area contributed by atoms with E-state index in [9.17, 15) is 0 Å². The summed E-state index contributed by atoms with van der Waals surface area (Å²) in [6.07, 6.45) is 3.17. The third-order valence-electron chi connectivity index (χ3n) is 4.86. The summed E-state index contributed by atoms with van der Waals surface area (Å²) in [5, 5.41) is 0. The Bertz CT molecular complexity index is 429. The number of rotatable bonds is 7. The van der Waals surface area contributed by atoms with Gasteiger partial charge < -0.3 is 15.2 Å². The van der Waals surface area contributed by atoms with Crippen molar-refractivity contribution >= 4 is 0 Å². The standard InChI is InChI=1S/C17H28N2O2/c1-17(13-18,19(2)15-9-11-21-12-15)10-8-14-4-6-16(20-3)7-5-14/h4-7,15H,8-13,18H2,1-3H3. The summed E-state index contributed by atoms with van der Waals surface area (Å²) in [7, 11) is 3.87. The number of aryl methyl sites for hydroxylation is 1. The van der Waals surface area contributed by atoms with Crippen LogP contribution < -0.4 is 10.5 Å². The molecule has 0 amide bonds. The van der Waals surface area contributed by atoms with Crippen LogP contribution >= 0.6 is 0 Å². The predicted octanol–water partition coefficient (Wildman–Crippen LogP) is 2.07. The second-order valence-corrected chi connectivity index (χ2v) is 6.18. The van der Waals surface area contributed by atoms with Crippen molar-refractivity contribution in [2.24, 2.45) is 5.73 Å². The molecule has 0 radical (unpaired) electrons. The molecule has 1 aliphatic heterocycles. The molecule has 0 aromatic heterocycles. The molecule has 21 heavy (non-hydrogen) atoms. The van der Waals surface area contributed by atoms with Gasteiger partial charge in [-0.1, -0.05) is 12.1 Å². The Hall–Kier alpha value is -1.10. The number of methoxy groups -OCH3 is 1. The van der Waals surface area contributed by atoms with E-state index in [-0.39, 0.29) is 5.54 Å². The van der Waals surface area contributed by atoms with Gasteiger partial charge in [-0.15, -0.1) is 0 Å². The second kappa shape index (κ2) is 7.25. The molecule has 4 heteroatoms. The highest BCUT2D eigenvalue weighted by Crippen LogP contribution is 2.25. The van der Waals surface area contributed by atoms with Gasteiger partial charge in [-0.3, -0.25) is 4.90 Å². The van der Waals surface area contributed by atoms with E-state index in [0.717, 1.165) is 38.2 Å². The molecule has 2 atom stereocenters. The monoisotopic (exact) mass is 292 g/mol. The normalized spacial score (nSPS) is 21.5. The molecule has 1 aromatic rings. The molecular formula is C17H28N2O2. The van der Waals surface area contributed by atoms with Gasteiger partial charge in [-0.05, 0) is 50.9 Å². The van der Waals surface area contributed by atoms with Crippen molar-refractivity contribution in [2.75, 3.05) is 33.9 Å². The first kappa shape index (κ1) is 16.3. The van der Waals surface area contributed by atoms with Gasteiger partial charge in [0.15, 0.2) is 0 Å². The van der Waals surface area contributed by atoms with Gasteiger partial charge in [-0.25, -0.2) is 0 Å². The number of benzene rings is 1. The largest absolute Gasteiger partial charge is 0.497 e. The van der Waals surface area contributed by atoms with Crippen LogP contribution in [-0.4, -0.2) is 50.4 Å². The Kier molecular flexibility index (Phi) is 5.62. The summed E-state index contributed by atoms with van der Waals surface area (Å²) in [5.41, 5.74) is 7.42. The van der Waals surface area contributed by atoms with E-state index in [1.165, 1.54) is 5.56 Å². The minimum atomic E-state index is 0.0122. The number of hydrogen-bond acceptors (Lipinski definition) is 4. The van der Waals surface area contributed by atoms with Crippen LogP contribution in [0.5, 0.6) is 5.75 Å². The molecule has 0 saturated carbocycles. The average Bonchev–Trinajstić information content (AvgIpc) is 3.06. The first-order chi connectivity index (χ1) is 10.1. The molecule has 0 spiro atoms. The van der Waals surface area contributed by atoms with Crippen LogP contribution in [0.4, 0.5) is 0 Å². The van der Waals surface area contributed by atoms with Gasteiger partial charge in [0, 0.05) is 24.7 Å². The fourth-order valence-corrected chi connectivity index (χ4v) is 2.90. The lowest BCUT2D eigenvalue weighted by Crippen LogP contribution is -2.54. The fraction of sp³-hybridized carbons (Fsp3) is 0.647. The maximum absolute atomic E-state index is 6.08. The van der Waals surface area contributed by atoms with Gasteiger partial charge in [0.2, 0.25) is 0 Å². The van der Waals surface area contributed by atoms with Crippen LogP contribution in [0, 0.1) is 0 Å². The Balaban J connectivity index is 1.96. The number of likely N-dealkylation sites (N-methyl/N-ethyl adjacent to an activating group) is 1. The Morgan fingerprint density at radius 1 is 1.38 bits per heavy atom. The van der Waals surface area contributed by atoms with Crippen LogP contribution in [-0.2, 0) is 11.2 Å². The van der Waals surface area contributed by atoms with Gasteiger partial charge in [-0.2, -0.15) is 0 Å². The van der Waals surface area contributed by atoms with E-state index < -0.39 is 0 Å². The molecular weight excluding hydrogens is 264 g/mol. The van der Waals surface area contributed by atoms with E-state index in [1.54, 1.807) is 7.11 Å². The molecule has 1 heterocycles. The first-order valence-corrected chi connectivity index (χ1v) is 7.73. The highest BCUT2D eigenvalue weighted by molar-refractivity contribution is 5.27. The van der Waals surface area contributed by atoms with Gasteiger partial charge in [0.05, 0.1) is 13.7 Å². The fourth-order valence-electron chi connectivity index (χ4n) is 2.90. The number of ether oxygens (including phenoxy) is 2. The van der Waals surface area contributed by atoms with Crippen LogP contribution in [0.1, 0.15) is 25.3 Å². The van der Waals surface area contributed by atoms with Crippen molar-refractivity contribution in [3.63, 3.8) is 0 Å². The predicted molar refractivity (Wildman–Crippen MR) is 85.8 cm³/mol. The molecule has 1 aliphatic rings. The Morgan fingerprint density at radius 2 is 2.10 bits per heavy atom. The van der Waals surface area contributed by atoms with Crippen molar-refractivity contribution in [1.29, 1.82) is 0 Å². The third-order valence-corrected chi connectivity index (χ3v) is 4.86. The SMILES string of the molecule is COc1ccc(CCC(C)(CN)N(C)C2CCOC2)cc1. The Labute approximate surface area is 128 Å². The summed E-state index contributed by atoms with van der Waals surface area (Å²) in [6, 6.07) is 8.80. The van der Waals surface area contributed by atoms with E-state index >= 15 is 0 Å². The topological polar surface area (TPSA) is 47.7 Å². The van der Waals surface area contributed by atoms with Gasteiger partial charge in [0.25, 0.3) is 0 Å². The maximum Gasteiger partial charge on any atom is 0.118 e. The summed E-state index contributed by atoms with van der Waals surface area (Å²) < 4.78 is 10.7. The van der Waals surface area contributed by atoms with Crippen molar-refractivity contribution in [1.82, 2.24) is 4.90 Å². The van der Waals surface area contributed by atoms with E-state index in [1.807, 2.05) is 12.1 Å². The summed E-state index contributed by atoms with van der Waals surface area (Å²) in [6.45, 7) is 4.62. The smallest absolute Gasteiger partial charge is 0.118 e. The summed E-state index contributed by atoms with van der Waals surface area (Å²) in [5.74, 6) is 0.903. The van der Waals surface area contributed by atoms with Crippen LogP contribution in [0.25, 0.3) is 0 Å². The first-order valence-electron chi connectivity index (χ1n) is 7.73. The average molecular weight is 292 g/mol. The molecule has 118 valence electrons. The van der Waals surface area contributed by atoms with Crippen molar-refractivity contribution in [2.45, 2.75) is 37.8 Å². The Morgan fingerprint density at radius 3 is 2.62 bits per heavy atom. The van der Waals surface area contributed by atoms with Crippen LogP contribution in [0.2, 0.25) is 0 Å². The molecule has 0 aliphatic carbocycles. The lowest BCUT2D eigenvalue weighted by molar-refractivity contribution is 0.0723.